The van der Waals surface area contributed by atoms with Gasteiger partial charge in [0.1, 0.15) is 26.5 Å². The number of hydrogen-bond acceptors (Lipinski definition) is 11. The molecule has 2 saturated heterocycles. The van der Waals surface area contributed by atoms with Gasteiger partial charge in [-0.2, -0.15) is 7.85 Å². The van der Waals surface area contributed by atoms with Gasteiger partial charge >= 0.3 is 23.0 Å². The molecule has 0 saturated carbocycles. The fourth-order valence-electron chi connectivity index (χ4n) is 4.07. The Morgan fingerprint density at radius 1 is 0.812 bits per heavy atom. The molecule has 2 rings (SSSR count). The topological polar surface area (TPSA) is 262 Å². The smallest absolute Gasteiger partial charge is 0.345 e. The molecule has 19 nitrogen and oxygen atoms in total. The van der Waals surface area contributed by atoms with E-state index in [-0.39, 0.29) is 89.0 Å². The average molecular weight is 1270 g/mol. The van der Waals surface area contributed by atoms with Crippen molar-refractivity contribution in [2.75, 3.05) is 126 Å². The van der Waals surface area contributed by atoms with Crippen LogP contribution in [0.1, 0.15) is 19.3 Å². The summed E-state index contributed by atoms with van der Waals surface area (Å²) >= 11 is 44.2. The van der Waals surface area contributed by atoms with Crippen molar-refractivity contribution < 1.29 is 84.1 Å². The maximum Gasteiger partial charge on any atom is 0.345 e. The van der Waals surface area contributed by atoms with Crippen LogP contribution in [0, 0.1) is 5.30 Å². The second kappa shape index (κ2) is 49.1. The van der Waals surface area contributed by atoms with E-state index in [2.05, 4.69) is 35.2 Å². The molecule has 0 aromatic rings. The number of aldehydes is 2. The van der Waals surface area contributed by atoms with Crippen molar-refractivity contribution in [2.45, 2.75) is 25.5 Å². The number of allylic oxidation sites excluding steroid dienone is 1. The molecule has 3 radical (unpaired) electrons. The molecule has 2 heterocycles. The first-order valence-electron chi connectivity index (χ1n) is 18.6. The third-order valence-corrected chi connectivity index (χ3v) is 15.6. The normalized spacial score (nSPS) is 21.0. The zero-order valence-corrected chi connectivity index (χ0v) is 50.1. The predicted molar refractivity (Wildman–Crippen MR) is 270 cm³/mol. The van der Waals surface area contributed by atoms with Crippen molar-refractivity contribution in [3.63, 3.8) is 0 Å². The second-order valence-electron chi connectivity index (χ2n) is 11.5. The summed E-state index contributed by atoms with van der Waals surface area (Å²) in [7, 11) is -3.66. The van der Waals surface area contributed by atoms with Gasteiger partial charge in [-0.25, -0.2) is 29.7 Å². The molecule has 2 aliphatic rings. The van der Waals surface area contributed by atoms with Crippen molar-refractivity contribution in [3.05, 3.63) is 18.0 Å². The number of nitrogens with one attached hydrogen (secondary N) is 2. The average Bonchev–Trinajstić information content (AvgIpc) is 3.21. The number of rotatable bonds is 25. The molecular formula is C29H63BCl8N8O11P6Y-2. The predicted octanol–water partition coefficient (Wildman–Crippen LogP) is 5.44. The first-order valence-corrected chi connectivity index (χ1v) is 30.4. The molecule has 7 atom stereocenters. The Bertz CT molecular complexity index is 1310. The maximum atomic E-state index is 12.2. The molecule has 2 fully saturated rings. The van der Waals surface area contributed by atoms with E-state index in [0.29, 0.717) is 88.4 Å². The van der Waals surface area contributed by atoms with Crippen molar-refractivity contribution in [2.24, 2.45) is 11.0 Å². The second-order valence-corrected chi connectivity index (χ2v) is 24.5. The third kappa shape index (κ3) is 42.3. The minimum absolute atomic E-state index is 0. The molecule has 0 spiro atoms. The first kappa shape index (κ1) is 76.7. The Labute approximate surface area is 451 Å². The van der Waals surface area contributed by atoms with E-state index in [1.54, 1.807) is 9.34 Å². The molecule has 0 amide bonds. The van der Waals surface area contributed by atoms with Crippen LogP contribution in [0.5, 0.6) is 0 Å². The van der Waals surface area contributed by atoms with E-state index >= 15 is 0 Å². The van der Waals surface area contributed by atoms with Gasteiger partial charge in [0.15, 0.2) is 0 Å². The summed E-state index contributed by atoms with van der Waals surface area (Å²) < 4.78 is 68.1. The van der Waals surface area contributed by atoms with Gasteiger partial charge in [0.25, 0.3) is 0 Å². The van der Waals surface area contributed by atoms with Crippen molar-refractivity contribution >= 4 is 162 Å². The third-order valence-electron chi connectivity index (χ3n) is 6.75. The Kier molecular flexibility index (Phi) is 58.8. The molecule has 7 unspecified atom stereocenters. The van der Waals surface area contributed by atoms with Gasteiger partial charge in [0.05, 0.1) is 19.8 Å². The number of alkyl halides is 8. The zero-order valence-electron chi connectivity index (χ0n) is 35.4. The van der Waals surface area contributed by atoms with E-state index in [1.165, 1.54) is 10.7 Å². The number of hydrogen-bond donors (Lipinski definition) is 5. The number of aliphatic hydroxyl groups is 1. The van der Waals surface area contributed by atoms with Crippen LogP contribution in [-0.2, 0) is 74.1 Å². The molecule has 35 heteroatoms. The monoisotopic (exact) mass is 1260 g/mol. The number of halogens is 8. The largest absolute Gasteiger partial charge is 0.776 e. The van der Waals surface area contributed by atoms with Crippen LogP contribution in [0.15, 0.2) is 12.7 Å². The van der Waals surface area contributed by atoms with Crippen LogP contribution in [0.3, 0.4) is 0 Å². The van der Waals surface area contributed by atoms with Crippen LogP contribution < -0.4 is 26.1 Å². The molecule has 0 aliphatic carbocycles. The summed E-state index contributed by atoms with van der Waals surface area (Å²) in [5.74, 6) is 2.53. The van der Waals surface area contributed by atoms with Gasteiger partial charge < -0.3 is 38.2 Å². The summed E-state index contributed by atoms with van der Waals surface area (Å²) in [6.07, 6.45) is 3.20. The Hall–Kier alpha value is 3.83. The summed E-state index contributed by atoms with van der Waals surface area (Å²) in [5.41, 5.74) is 10.4. The fraction of sp³-hybridized carbons (Fsp3) is 0.828. The van der Waals surface area contributed by atoms with Crippen LogP contribution in [0.2, 0.25) is 0 Å². The van der Waals surface area contributed by atoms with Crippen molar-refractivity contribution in [1.82, 2.24) is 28.9 Å². The number of carbonyl (C=O) groups excluding carboxylic acids is 2. The number of nitrogens with zero attached hydrogens (tertiary/aromatic N) is 4. The van der Waals surface area contributed by atoms with Crippen LogP contribution in [0.4, 0.5) is 0 Å². The first-order chi connectivity index (χ1) is 29.6. The minimum Gasteiger partial charge on any atom is -0.776 e. The summed E-state index contributed by atoms with van der Waals surface area (Å²) in [6, 6.07) is 0. The number of nitrogens with two attached hydrogens (primary N) is 2. The van der Waals surface area contributed by atoms with Gasteiger partial charge in [0.2, 0.25) is 0 Å². The van der Waals surface area contributed by atoms with Crippen LogP contribution in [-0.4, -0.2) is 176 Å². The SMILES string of the molecule is C=CC=O.NP(=O)(OCCC=O)N(CCCl)CCCl.NP(=O)([O-])N(CCCl)CCCl.O=P1(N(CCCl)CCCl)NC(O)CCO1.O=P1(N(CCCl)CCCl)NCCCO1.[B][C-](P)P.[Y]. The molecule has 379 valence electrons. The minimum atomic E-state index is -3.89. The Morgan fingerprint density at radius 3 is 1.50 bits per heavy atom. The van der Waals surface area contributed by atoms with Crippen LogP contribution >= 0.6 is 142 Å². The standard InChI is InChI=1S/2C7H15Cl2N2O3P.C7H15Cl2N2O2P.C4H11Cl2N2O2P.C3H4O.CH4BP2.Y/c8-2-4-11(5-3-9)15(13)10-7(12)1-6-14-15;8-2-4-11(5-3-9)15(10,13)14-7-1-6-12;8-2-5-11(6-3-9)14(12)10-4-1-7-13-14;5-1-3-8(4-2-6)11(7,9)10;1-2-3-4;2-1(3)4;/h7,12H,1-6H2,(H,10,13);6H,1-5,7H2,(H2,10,13);1-7H2,(H,10,12);1-4H2,(H3,7,9,10);2-3H,1H2;3-4H2;/q;;;;;-1;/p-1. The number of aliphatic hydroxyl groups excluding tert-OH is 1. The molecule has 0 aromatic heterocycles. The van der Waals surface area contributed by atoms with E-state index in [4.69, 9.17) is 130 Å². The van der Waals surface area contributed by atoms with Crippen LogP contribution in [0.25, 0.3) is 0 Å². The van der Waals surface area contributed by atoms with Gasteiger partial charge in [-0.3, -0.25) is 47.1 Å². The number of carbonyl (C=O) groups is 2. The molecule has 2 aliphatic heterocycles. The maximum absolute atomic E-state index is 12.2. The molecular weight excluding hydrogens is 1210 g/mol. The Balaban J connectivity index is -0.000000228. The summed E-state index contributed by atoms with van der Waals surface area (Å²) in [4.78, 5) is 29.8. The summed E-state index contributed by atoms with van der Waals surface area (Å²) in [6.45, 7) is 7.64. The van der Waals surface area contributed by atoms with Gasteiger partial charge in [-0.15, -0.1) is 92.8 Å². The molecule has 0 bridgehead atoms. The molecule has 64 heavy (non-hydrogen) atoms. The molecule has 7 N–H and O–H groups in total. The summed E-state index contributed by atoms with van der Waals surface area (Å²) in [5, 5.41) is 15.6. The molecule has 0 aromatic carbocycles. The quantitative estimate of drug-likeness (QED) is 0.0145. The van der Waals surface area contributed by atoms with Gasteiger partial charge in [0, 0.05) is 151 Å². The fourth-order valence-corrected chi connectivity index (χ4v) is 12.7. The van der Waals surface area contributed by atoms with E-state index in [1.807, 2.05) is 0 Å². The van der Waals surface area contributed by atoms with E-state index in [9.17, 15) is 33.1 Å². The van der Waals surface area contributed by atoms with Crippen molar-refractivity contribution in [3.8, 4) is 0 Å². The van der Waals surface area contributed by atoms with E-state index < -0.39 is 36.9 Å². The zero-order chi connectivity index (χ0) is 49.4. The Morgan fingerprint density at radius 2 is 1.19 bits per heavy atom. The van der Waals surface area contributed by atoms with E-state index in [0.717, 1.165) is 22.9 Å². The van der Waals surface area contributed by atoms with Crippen molar-refractivity contribution in [1.29, 1.82) is 0 Å². The van der Waals surface area contributed by atoms with Gasteiger partial charge in [-0.05, 0) is 12.5 Å². The van der Waals surface area contributed by atoms with Gasteiger partial charge in [-0.1, -0.05) is 6.58 Å².